The number of halogens is 1. The number of hydrogen-bond acceptors (Lipinski definition) is 3. The van der Waals surface area contributed by atoms with Crippen LogP contribution in [0.25, 0.3) is 0 Å². The van der Waals surface area contributed by atoms with Gasteiger partial charge >= 0.3 is 0 Å². The summed E-state index contributed by atoms with van der Waals surface area (Å²) in [7, 11) is -3.74. The second-order valence-corrected chi connectivity index (χ2v) is 6.72. The van der Waals surface area contributed by atoms with Crippen LogP contribution in [0.15, 0.2) is 23.1 Å². The van der Waals surface area contributed by atoms with E-state index in [1.165, 1.54) is 16.4 Å². The van der Waals surface area contributed by atoms with Crippen LogP contribution in [0, 0.1) is 12.7 Å². The van der Waals surface area contributed by atoms with Crippen LogP contribution in [-0.4, -0.2) is 37.0 Å². The number of aliphatic hydroxyl groups is 1. The van der Waals surface area contributed by atoms with E-state index in [4.69, 9.17) is 0 Å². The van der Waals surface area contributed by atoms with Crippen molar-refractivity contribution in [2.24, 2.45) is 0 Å². The van der Waals surface area contributed by atoms with Gasteiger partial charge in [-0.05, 0) is 37.5 Å². The molecule has 0 spiro atoms. The molecule has 0 aromatic heterocycles. The Hall–Kier alpha value is -0.980. The molecule has 1 fully saturated rings. The average molecular weight is 287 g/mol. The largest absolute Gasteiger partial charge is 0.395 e. The summed E-state index contributed by atoms with van der Waals surface area (Å²) in [5, 5.41) is 9.32. The highest BCUT2D eigenvalue weighted by molar-refractivity contribution is 7.89. The van der Waals surface area contributed by atoms with E-state index in [9.17, 15) is 17.9 Å². The van der Waals surface area contributed by atoms with Crippen LogP contribution < -0.4 is 0 Å². The van der Waals surface area contributed by atoms with Crippen LogP contribution in [0.4, 0.5) is 4.39 Å². The molecule has 19 heavy (non-hydrogen) atoms. The molecule has 6 heteroatoms. The Morgan fingerprint density at radius 3 is 2.84 bits per heavy atom. The van der Waals surface area contributed by atoms with E-state index in [2.05, 4.69) is 0 Å². The minimum atomic E-state index is -3.74. The number of hydrogen-bond donors (Lipinski definition) is 1. The number of rotatable bonds is 3. The second-order valence-electron chi connectivity index (χ2n) is 4.86. The third kappa shape index (κ3) is 2.80. The average Bonchev–Trinajstić information content (AvgIpc) is 2.41. The van der Waals surface area contributed by atoms with E-state index < -0.39 is 21.9 Å². The highest BCUT2D eigenvalue weighted by Crippen LogP contribution is 2.27. The van der Waals surface area contributed by atoms with Crippen LogP contribution in [-0.2, 0) is 10.0 Å². The lowest BCUT2D eigenvalue weighted by Gasteiger charge is -2.33. The normalized spacial score (nSPS) is 21.5. The van der Waals surface area contributed by atoms with Crippen LogP contribution in [0.2, 0.25) is 0 Å². The molecule has 0 saturated carbocycles. The number of nitrogens with zero attached hydrogens (tertiary/aromatic N) is 1. The van der Waals surface area contributed by atoms with Crippen LogP contribution in [0.1, 0.15) is 24.8 Å². The molecule has 0 aliphatic carbocycles. The van der Waals surface area contributed by atoms with Crippen molar-refractivity contribution in [3.8, 4) is 0 Å². The maximum Gasteiger partial charge on any atom is 0.243 e. The molecule has 1 aromatic carbocycles. The van der Waals surface area contributed by atoms with Crippen molar-refractivity contribution in [3.05, 3.63) is 29.6 Å². The van der Waals surface area contributed by atoms with Crippen molar-refractivity contribution in [3.63, 3.8) is 0 Å². The molecular weight excluding hydrogens is 269 g/mol. The summed E-state index contributed by atoms with van der Waals surface area (Å²) in [5.41, 5.74) is 0.517. The Kier molecular flexibility index (Phi) is 4.23. The lowest BCUT2D eigenvalue weighted by molar-refractivity contribution is 0.155. The van der Waals surface area contributed by atoms with Crippen molar-refractivity contribution < 1.29 is 17.9 Å². The lowest BCUT2D eigenvalue weighted by atomic mass is 10.1. The maximum atomic E-state index is 13.3. The van der Waals surface area contributed by atoms with E-state index in [1.807, 2.05) is 0 Å². The predicted molar refractivity (Wildman–Crippen MR) is 69.8 cm³/mol. The smallest absolute Gasteiger partial charge is 0.243 e. The molecule has 1 unspecified atom stereocenters. The molecule has 0 radical (unpaired) electrons. The first-order chi connectivity index (χ1) is 8.96. The Morgan fingerprint density at radius 1 is 1.42 bits per heavy atom. The van der Waals surface area contributed by atoms with Crippen molar-refractivity contribution in [2.75, 3.05) is 13.2 Å². The van der Waals surface area contributed by atoms with Crippen molar-refractivity contribution in [2.45, 2.75) is 37.1 Å². The molecule has 1 N–H and O–H groups in total. The molecule has 1 aliphatic heterocycles. The zero-order valence-corrected chi connectivity index (χ0v) is 11.7. The second kappa shape index (κ2) is 5.56. The third-order valence-corrected chi connectivity index (χ3v) is 5.61. The fourth-order valence-corrected chi connectivity index (χ4v) is 4.37. The number of aryl methyl sites for hydroxylation is 1. The van der Waals surface area contributed by atoms with Gasteiger partial charge in [0, 0.05) is 12.6 Å². The van der Waals surface area contributed by atoms with Gasteiger partial charge in [0.1, 0.15) is 5.82 Å². The van der Waals surface area contributed by atoms with Gasteiger partial charge in [-0.3, -0.25) is 0 Å². The highest BCUT2D eigenvalue weighted by atomic mass is 32.2. The van der Waals surface area contributed by atoms with Gasteiger partial charge in [-0.1, -0.05) is 12.5 Å². The molecule has 1 heterocycles. The van der Waals surface area contributed by atoms with Gasteiger partial charge in [-0.25, -0.2) is 12.8 Å². The number of sulfonamides is 1. The van der Waals surface area contributed by atoms with E-state index in [0.29, 0.717) is 18.5 Å². The van der Waals surface area contributed by atoms with Gasteiger partial charge in [0.25, 0.3) is 0 Å². The Labute approximate surface area is 112 Å². The molecule has 2 rings (SSSR count). The quantitative estimate of drug-likeness (QED) is 0.920. The first-order valence-corrected chi connectivity index (χ1v) is 7.79. The van der Waals surface area contributed by atoms with E-state index in [0.717, 1.165) is 18.9 Å². The predicted octanol–water partition coefficient (Wildman–Crippen LogP) is 1.67. The molecule has 1 aliphatic rings. The Morgan fingerprint density at radius 2 is 2.16 bits per heavy atom. The van der Waals surface area contributed by atoms with E-state index in [1.54, 1.807) is 6.92 Å². The van der Waals surface area contributed by atoms with E-state index >= 15 is 0 Å². The lowest BCUT2D eigenvalue weighted by Crippen LogP contribution is -2.45. The van der Waals surface area contributed by atoms with Gasteiger partial charge in [-0.15, -0.1) is 0 Å². The minimum Gasteiger partial charge on any atom is -0.395 e. The molecule has 106 valence electrons. The third-order valence-electron chi connectivity index (χ3n) is 3.52. The zero-order valence-electron chi connectivity index (χ0n) is 10.8. The first-order valence-electron chi connectivity index (χ1n) is 6.35. The van der Waals surface area contributed by atoms with Crippen molar-refractivity contribution >= 4 is 10.0 Å². The Bertz CT molecular complexity index is 559. The first kappa shape index (κ1) is 14.4. The molecule has 0 bridgehead atoms. The summed E-state index contributed by atoms with van der Waals surface area (Å²) in [6.45, 7) is 1.82. The summed E-state index contributed by atoms with van der Waals surface area (Å²) in [6.07, 6.45) is 2.31. The maximum absolute atomic E-state index is 13.3. The van der Waals surface area contributed by atoms with Crippen LogP contribution in [0.3, 0.4) is 0 Å². The summed E-state index contributed by atoms with van der Waals surface area (Å²) in [4.78, 5) is -0.00662. The summed E-state index contributed by atoms with van der Waals surface area (Å²) in [5.74, 6) is -0.568. The minimum absolute atomic E-state index is 0.00662. The van der Waals surface area contributed by atoms with Crippen LogP contribution in [0.5, 0.6) is 0 Å². The van der Waals surface area contributed by atoms with Gasteiger partial charge in [0.05, 0.1) is 11.5 Å². The topological polar surface area (TPSA) is 57.6 Å². The highest BCUT2D eigenvalue weighted by Gasteiger charge is 2.34. The van der Waals surface area contributed by atoms with E-state index in [-0.39, 0.29) is 11.5 Å². The SMILES string of the molecule is Cc1ccc(F)cc1S(=O)(=O)N1CCCCC1CO. The number of aliphatic hydroxyl groups excluding tert-OH is 1. The zero-order chi connectivity index (χ0) is 14.0. The number of benzene rings is 1. The van der Waals surface area contributed by atoms with Gasteiger partial charge in [0.2, 0.25) is 10.0 Å². The molecule has 0 amide bonds. The summed E-state index contributed by atoms with van der Waals surface area (Å²) in [6, 6.07) is 3.35. The van der Waals surface area contributed by atoms with Gasteiger partial charge in [0.15, 0.2) is 0 Å². The standard InChI is InChI=1S/C13H18FNO3S/c1-10-5-6-11(14)8-13(10)19(17,18)15-7-3-2-4-12(15)9-16/h5-6,8,12,16H,2-4,7,9H2,1H3. The molecular formula is C13H18FNO3S. The molecule has 1 saturated heterocycles. The van der Waals surface area contributed by atoms with Gasteiger partial charge < -0.3 is 5.11 Å². The van der Waals surface area contributed by atoms with Gasteiger partial charge in [-0.2, -0.15) is 4.31 Å². The molecule has 1 atom stereocenters. The summed E-state index contributed by atoms with van der Waals surface area (Å²) < 4.78 is 39.8. The number of piperidine rings is 1. The fourth-order valence-electron chi connectivity index (χ4n) is 2.45. The van der Waals surface area contributed by atoms with Crippen molar-refractivity contribution in [1.82, 2.24) is 4.31 Å². The molecule has 1 aromatic rings. The Balaban J connectivity index is 2.43. The molecule has 4 nitrogen and oxygen atoms in total. The summed E-state index contributed by atoms with van der Waals surface area (Å²) >= 11 is 0. The van der Waals surface area contributed by atoms with Crippen LogP contribution >= 0.6 is 0 Å². The monoisotopic (exact) mass is 287 g/mol. The van der Waals surface area contributed by atoms with Crippen molar-refractivity contribution in [1.29, 1.82) is 0 Å². The fraction of sp³-hybridized carbons (Fsp3) is 0.538.